The first-order chi connectivity index (χ1) is 12.7. The Morgan fingerprint density at radius 1 is 1.12 bits per heavy atom. The number of esters is 1. The zero-order chi connectivity index (χ0) is 18.4. The Labute approximate surface area is 152 Å². The molecule has 0 saturated carbocycles. The van der Waals surface area contributed by atoms with Gasteiger partial charge in [0.25, 0.3) is 0 Å². The first-order valence-corrected chi connectivity index (χ1v) is 8.68. The van der Waals surface area contributed by atoms with Gasteiger partial charge in [-0.3, -0.25) is 0 Å². The summed E-state index contributed by atoms with van der Waals surface area (Å²) in [6.07, 6.45) is 4.80. The molecule has 0 aliphatic carbocycles. The minimum absolute atomic E-state index is 0.0271. The fourth-order valence-corrected chi connectivity index (χ4v) is 2.57. The Kier molecular flexibility index (Phi) is 5.79. The number of hydrogen-bond donors (Lipinski definition) is 0. The first kappa shape index (κ1) is 17.9. The molecule has 0 aromatic heterocycles. The van der Waals surface area contributed by atoms with Gasteiger partial charge in [0, 0.05) is 5.56 Å². The summed E-state index contributed by atoms with van der Waals surface area (Å²) in [6.45, 7) is 2.75. The van der Waals surface area contributed by atoms with Gasteiger partial charge in [-0.2, -0.15) is 0 Å². The van der Waals surface area contributed by atoms with Crippen LogP contribution in [0.1, 0.15) is 37.3 Å². The molecule has 2 aromatic carbocycles. The van der Waals surface area contributed by atoms with Crippen molar-refractivity contribution >= 4 is 17.9 Å². The molecular formula is C21H20FNO3. The lowest BCUT2D eigenvalue weighted by atomic mass is 10.1. The van der Waals surface area contributed by atoms with Crippen LogP contribution in [0.15, 0.2) is 59.2 Å². The maximum absolute atomic E-state index is 13.9. The van der Waals surface area contributed by atoms with Crippen molar-refractivity contribution in [3.8, 4) is 5.75 Å². The number of carbonyl (C=O) groups is 1. The zero-order valence-electron chi connectivity index (χ0n) is 14.6. The molecule has 0 fully saturated rings. The number of benzene rings is 2. The molecule has 1 aliphatic heterocycles. The molecule has 0 N–H and O–H groups in total. The summed E-state index contributed by atoms with van der Waals surface area (Å²) in [4.78, 5) is 16.3. The fraction of sp³-hybridized carbons (Fsp3) is 0.238. The van der Waals surface area contributed by atoms with E-state index in [2.05, 4.69) is 11.9 Å². The van der Waals surface area contributed by atoms with Crippen LogP contribution < -0.4 is 4.74 Å². The highest BCUT2D eigenvalue weighted by molar-refractivity contribution is 6.13. The van der Waals surface area contributed by atoms with E-state index in [1.807, 2.05) is 24.3 Å². The van der Waals surface area contributed by atoms with Crippen LogP contribution in [0.25, 0.3) is 6.08 Å². The van der Waals surface area contributed by atoms with Gasteiger partial charge in [-0.15, -0.1) is 0 Å². The number of aliphatic imine (C=N–C) groups is 1. The van der Waals surface area contributed by atoms with Gasteiger partial charge in [0.15, 0.2) is 5.70 Å². The highest BCUT2D eigenvalue weighted by Gasteiger charge is 2.26. The van der Waals surface area contributed by atoms with Crippen molar-refractivity contribution in [1.82, 2.24) is 0 Å². The normalized spacial score (nSPS) is 15.1. The topological polar surface area (TPSA) is 47.9 Å². The van der Waals surface area contributed by atoms with Crippen LogP contribution in [0, 0.1) is 5.82 Å². The third-order valence-corrected chi connectivity index (χ3v) is 3.94. The third-order valence-electron chi connectivity index (χ3n) is 3.94. The summed E-state index contributed by atoms with van der Waals surface area (Å²) in [6, 6.07) is 13.5. The largest absolute Gasteiger partial charge is 0.493 e. The van der Waals surface area contributed by atoms with Crippen LogP contribution in [-0.2, 0) is 9.53 Å². The predicted molar refractivity (Wildman–Crippen MR) is 98.5 cm³/mol. The molecule has 1 aliphatic rings. The van der Waals surface area contributed by atoms with E-state index in [4.69, 9.17) is 9.47 Å². The van der Waals surface area contributed by atoms with E-state index in [9.17, 15) is 9.18 Å². The second-order valence-corrected chi connectivity index (χ2v) is 5.91. The van der Waals surface area contributed by atoms with Crippen LogP contribution >= 0.6 is 0 Å². The van der Waals surface area contributed by atoms with Gasteiger partial charge in [-0.1, -0.05) is 50.1 Å². The molecule has 0 amide bonds. The lowest BCUT2D eigenvalue weighted by Gasteiger charge is -2.08. The van der Waals surface area contributed by atoms with Gasteiger partial charge in [-0.25, -0.2) is 14.2 Å². The van der Waals surface area contributed by atoms with Gasteiger partial charge in [0.05, 0.1) is 12.2 Å². The number of halogens is 1. The lowest BCUT2D eigenvalue weighted by Crippen LogP contribution is -2.07. The van der Waals surface area contributed by atoms with Crippen molar-refractivity contribution in [1.29, 1.82) is 0 Å². The fourth-order valence-electron chi connectivity index (χ4n) is 2.57. The quantitative estimate of drug-likeness (QED) is 0.410. The molecule has 3 rings (SSSR count). The van der Waals surface area contributed by atoms with Gasteiger partial charge < -0.3 is 9.47 Å². The number of hydrogen-bond acceptors (Lipinski definition) is 4. The minimum Gasteiger partial charge on any atom is -0.493 e. The number of rotatable bonds is 7. The van der Waals surface area contributed by atoms with Crippen molar-refractivity contribution in [2.24, 2.45) is 4.99 Å². The summed E-state index contributed by atoms with van der Waals surface area (Å²) >= 11 is 0. The lowest BCUT2D eigenvalue weighted by molar-refractivity contribution is -0.129. The Morgan fingerprint density at radius 2 is 1.88 bits per heavy atom. The van der Waals surface area contributed by atoms with E-state index in [-0.39, 0.29) is 17.2 Å². The van der Waals surface area contributed by atoms with E-state index < -0.39 is 11.8 Å². The predicted octanol–water partition coefficient (Wildman–Crippen LogP) is 4.74. The Bertz CT molecular complexity index is 858. The highest BCUT2D eigenvalue weighted by atomic mass is 19.1. The molecule has 0 atom stereocenters. The summed E-state index contributed by atoms with van der Waals surface area (Å²) in [5.74, 6) is -0.442. The Hall–Kier alpha value is -2.95. The summed E-state index contributed by atoms with van der Waals surface area (Å²) in [5.41, 5.74) is 1.01. The number of unbranched alkanes of at least 4 members (excludes halogenated alkanes) is 2. The molecule has 0 saturated heterocycles. The molecule has 5 heteroatoms. The summed E-state index contributed by atoms with van der Waals surface area (Å²) in [7, 11) is 0. The zero-order valence-corrected chi connectivity index (χ0v) is 14.6. The van der Waals surface area contributed by atoms with E-state index in [0.29, 0.717) is 12.4 Å². The van der Waals surface area contributed by atoms with Crippen LogP contribution in [0.4, 0.5) is 4.39 Å². The maximum atomic E-state index is 13.9. The molecule has 134 valence electrons. The standard InChI is InChI=1S/C21H20FNO3/c1-2-3-8-13-25-19-12-7-4-9-15(19)14-18-21(24)26-20(23-18)16-10-5-6-11-17(16)22/h4-7,9-12,14H,2-3,8,13H2,1H3/b18-14+. The number of para-hydroxylation sites is 1. The monoisotopic (exact) mass is 353 g/mol. The van der Waals surface area contributed by atoms with Crippen molar-refractivity contribution in [3.63, 3.8) is 0 Å². The average molecular weight is 353 g/mol. The second kappa shape index (κ2) is 8.43. The van der Waals surface area contributed by atoms with Gasteiger partial charge in [-0.05, 0) is 30.7 Å². The van der Waals surface area contributed by atoms with E-state index in [1.54, 1.807) is 18.2 Å². The van der Waals surface area contributed by atoms with E-state index in [1.165, 1.54) is 12.1 Å². The SMILES string of the molecule is CCCCCOc1ccccc1/C=C1/N=C(c2ccccc2F)OC1=O. The molecule has 26 heavy (non-hydrogen) atoms. The van der Waals surface area contributed by atoms with Gasteiger partial charge in [0.2, 0.25) is 5.90 Å². The number of ether oxygens (including phenoxy) is 2. The molecule has 0 radical (unpaired) electrons. The molecule has 4 nitrogen and oxygen atoms in total. The Balaban J connectivity index is 1.84. The van der Waals surface area contributed by atoms with Crippen molar-refractivity contribution < 1.29 is 18.7 Å². The molecule has 1 heterocycles. The molecule has 0 spiro atoms. The smallest absolute Gasteiger partial charge is 0.363 e. The highest BCUT2D eigenvalue weighted by Crippen LogP contribution is 2.25. The summed E-state index contributed by atoms with van der Waals surface area (Å²) in [5, 5.41) is 0. The third kappa shape index (κ3) is 4.17. The number of nitrogens with zero attached hydrogens (tertiary/aromatic N) is 1. The van der Waals surface area contributed by atoms with Crippen molar-refractivity contribution in [2.45, 2.75) is 26.2 Å². The molecular weight excluding hydrogens is 333 g/mol. The second-order valence-electron chi connectivity index (χ2n) is 5.91. The summed E-state index contributed by atoms with van der Waals surface area (Å²) < 4.78 is 24.8. The van der Waals surface area contributed by atoms with Crippen molar-refractivity contribution in [2.75, 3.05) is 6.61 Å². The average Bonchev–Trinajstić information content (AvgIpc) is 3.01. The van der Waals surface area contributed by atoms with Gasteiger partial charge >= 0.3 is 5.97 Å². The number of cyclic esters (lactones) is 1. The van der Waals surface area contributed by atoms with E-state index in [0.717, 1.165) is 24.8 Å². The molecule has 2 aromatic rings. The van der Waals surface area contributed by atoms with E-state index >= 15 is 0 Å². The first-order valence-electron chi connectivity index (χ1n) is 8.68. The number of carbonyl (C=O) groups excluding carboxylic acids is 1. The molecule has 0 unspecified atom stereocenters. The van der Waals surface area contributed by atoms with Crippen molar-refractivity contribution in [3.05, 3.63) is 71.2 Å². The molecule has 0 bridgehead atoms. The Morgan fingerprint density at radius 3 is 2.69 bits per heavy atom. The van der Waals surface area contributed by atoms with Crippen LogP contribution in [0.5, 0.6) is 5.75 Å². The van der Waals surface area contributed by atoms with Crippen LogP contribution in [-0.4, -0.2) is 18.5 Å². The maximum Gasteiger partial charge on any atom is 0.363 e. The minimum atomic E-state index is -0.607. The van der Waals surface area contributed by atoms with Crippen LogP contribution in [0.3, 0.4) is 0 Å². The van der Waals surface area contributed by atoms with Crippen LogP contribution in [0.2, 0.25) is 0 Å². The van der Waals surface area contributed by atoms with Gasteiger partial charge in [0.1, 0.15) is 11.6 Å².